The van der Waals surface area contributed by atoms with Crippen molar-refractivity contribution >= 4 is 28.8 Å². The van der Waals surface area contributed by atoms with Crippen LogP contribution in [-0.2, 0) is 6.42 Å². The number of ether oxygens (including phenoxy) is 2. The Bertz CT molecular complexity index is 1820. The second kappa shape index (κ2) is 9.42. The molecule has 0 bridgehead atoms. The van der Waals surface area contributed by atoms with Crippen molar-refractivity contribution < 1.29 is 14.4 Å². The van der Waals surface area contributed by atoms with Gasteiger partial charge in [0.15, 0.2) is 16.3 Å². The Hall–Kier alpha value is -4.50. The van der Waals surface area contributed by atoms with Crippen LogP contribution < -0.4 is 24.4 Å². The van der Waals surface area contributed by atoms with Crippen LogP contribution in [-0.4, -0.2) is 23.7 Å². The first-order chi connectivity index (χ1) is 18.5. The molecule has 0 N–H and O–H groups in total. The van der Waals surface area contributed by atoms with Crippen LogP contribution in [0.3, 0.4) is 0 Å². The summed E-state index contributed by atoms with van der Waals surface area (Å²) in [6, 6.07) is 19.9. The summed E-state index contributed by atoms with van der Waals surface area (Å²) in [6.45, 7) is 0. The van der Waals surface area contributed by atoms with Crippen molar-refractivity contribution in [2.45, 2.75) is 18.9 Å². The van der Waals surface area contributed by atoms with Gasteiger partial charge >= 0.3 is 0 Å². The van der Waals surface area contributed by atoms with Crippen LogP contribution in [0.25, 0.3) is 11.8 Å². The molecule has 3 aromatic carbocycles. The van der Waals surface area contributed by atoms with Gasteiger partial charge in [-0.1, -0.05) is 53.8 Å². The molecule has 0 fully saturated rings. The Morgan fingerprint density at radius 1 is 1.03 bits per heavy atom. The van der Waals surface area contributed by atoms with Crippen LogP contribution in [0.1, 0.15) is 34.7 Å². The Kier molecular flexibility index (Phi) is 5.92. The molecule has 8 nitrogen and oxygen atoms in total. The number of hydrogen-bond acceptors (Lipinski definition) is 7. The van der Waals surface area contributed by atoms with Crippen molar-refractivity contribution in [2.75, 3.05) is 14.2 Å². The number of hydrogen-bond donors (Lipinski definition) is 0. The topological polar surface area (TPSA) is 96.0 Å². The molecule has 38 heavy (non-hydrogen) atoms. The molecule has 0 radical (unpaired) electrons. The van der Waals surface area contributed by atoms with Crippen LogP contribution >= 0.6 is 11.3 Å². The zero-order chi connectivity index (χ0) is 26.4. The second-order valence-corrected chi connectivity index (χ2v) is 10.1. The zero-order valence-electron chi connectivity index (χ0n) is 20.7. The van der Waals surface area contributed by atoms with E-state index in [9.17, 15) is 14.9 Å². The number of aryl methyl sites for hydroxylation is 1. The molecule has 4 aromatic rings. The summed E-state index contributed by atoms with van der Waals surface area (Å²) in [4.78, 5) is 30.3. The minimum atomic E-state index is -0.443. The van der Waals surface area contributed by atoms with E-state index in [0.29, 0.717) is 26.4 Å². The lowest BCUT2D eigenvalue weighted by Gasteiger charge is -2.31. The minimum absolute atomic E-state index is 0.0261. The normalized spacial score (nSPS) is 16.3. The molecule has 1 aliphatic heterocycles. The molecule has 1 unspecified atom stereocenters. The molecule has 2 heterocycles. The summed E-state index contributed by atoms with van der Waals surface area (Å²) in [5.74, 6) is 1.19. The Morgan fingerprint density at radius 2 is 1.84 bits per heavy atom. The summed E-state index contributed by atoms with van der Waals surface area (Å²) >= 11 is 1.29. The first-order valence-corrected chi connectivity index (χ1v) is 12.9. The van der Waals surface area contributed by atoms with E-state index in [1.54, 1.807) is 37.0 Å². The van der Waals surface area contributed by atoms with Gasteiger partial charge in [-0.3, -0.25) is 19.5 Å². The summed E-state index contributed by atoms with van der Waals surface area (Å²) in [5.41, 5.74) is 5.55. The Balaban J connectivity index is 1.61. The summed E-state index contributed by atoms with van der Waals surface area (Å²) in [7, 11) is 3.18. The standard InChI is InChI=1S/C29H23N3O5S/c1-36-23-13-11-19(16-24(23)37-2)27-22-12-10-18-7-3-4-9-21(18)26(22)30-29-31(27)28(33)25(38-29)15-17-6-5-8-20(14-17)32(34)35/h3-9,11,13-16,27H,10,12H2,1-2H3. The van der Waals surface area contributed by atoms with Crippen LogP contribution in [0.15, 0.2) is 82.1 Å². The SMILES string of the molecule is COc1ccc(C2C3=C(N=c4sc(=Cc5cccc([N+](=O)[O-])c5)c(=O)n42)c2ccccc2CC3)cc1OC. The first-order valence-electron chi connectivity index (χ1n) is 12.1. The number of nitro benzene ring substituents is 1. The van der Waals surface area contributed by atoms with Crippen LogP contribution in [0.4, 0.5) is 5.69 Å². The van der Waals surface area contributed by atoms with Crippen molar-refractivity contribution in [1.82, 2.24) is 4.57 Å². The molecule has 9 heteroatoms. The van der Waals surface area contributed by atoms with Gasteiger partial charge in [-0.15, -0.1) is 0 Å². The molecule has 0 amide bonds. The fraction of sp³-hybridized carbons (Fsp3) is 0.172. The number of aromatic nitrogens is 1. The van der Waals surface area contributed by atoms with E-state index in [0.717, 1.165) is 35.2 Å². The molecule has 1 atom stereocenters. The largest absolute Gasteiger partial charge is 0.493 e. The molecular weight excluding hydrogens is 502 g/mol. The molecular formula is C29H23N3O5S. The number of allylic oxidation sites excluding steroid dienone is 1. The second-order valence-electron chi connectivity index (χ2n) is 9.08. The molecule has 1 aromatic heterocycles. The lowest BCUT2D eigenvalue weighted by Crippen LogP contribution is -2.38. The number of nitro groups is 1. The smallest absolute Gasteiger partial charge is 0.271 e. The Labute approximate surface area is 221 Å². The number of thiazole rings is 1. The highest BCUT2D eigenvalue weighted by atomic mass is 32.1. The van der Waals surface area contributed by atoms with Crippen LogP contribution in [0, 0.1) is 10.1 Å². The van der Waals surface area contributed by atoms with Gasteiger partial charge < -0.3 is 9.47 Å². The van der Waals surface area contributed by atoms with E-state index >= 15 is 0 Å². The molecule has 0 saturated heterocycles. The highest BCUT2D eigenvalue weighted by Gasteiger charge is 2.33. The maximum atomic E-state index is 13.9. The van der Waals surface area contributed by atoms with Crippen molar-refractivity contribution in [3.8, 4) is 11.5 Å². The predicted octanol–water partition coefficient (Wildman–Crippen LogP) is 4.24. The molecule has 1 aliphatic carbocycles. The van der Waals surface area contributed by atoms with E-state index in [4.69, 9.17) is 14.5 Å². The van der Waals surface area contributed by atoms with Crippen molar-refractivity contribution in [1.29, 1.82) is 0 Å². The van der Waals surface area contributed by atoms with Crippen molar-refractivity contribution in [3.05, 3.63) is 124 Å². The number of methoxy groups -OCH3 is 2. The number of nitrogens with zero attached hydrogens (tertiary/aromatic N) is 3. The first kappa shape index (κ1) is 23.9. The third-order valence-corrected chi connectivity index (χ3v) is 7.96. The van der Waals surface area contributed by atoms with E-state index in [1.165, 1.54) is 29.0 Å². The lowest BCUT2D eigenvalue weighted by atomic mass is 9.83. The van der Waals surface area contributed by atoms with Gasteiger partial charge in [0, 0.05) is 17.7 Å². The van der Waals surface area contributed by atoms with Crippen molar-refractivity contribution in [2.24, 2.45) is 4.99 Å². The summed E-state index contributed by atoms with van der Waals surface area (Å²) in [5, 5.41) is 11.3. The number of rotatable bonds is 5. The van der Waals surface area contributed by atoms with Gasteiger partial charge in [0.05, 0.1) is 35.4 Å². The van der Waals surface area contributed by atoms with E-state index in [1.807, 2.05) is 30.3 Å². The third kappa shape index (κ3) is 3.92. The van der Waals surface area contributed by atoms with Gasteiger partial charge in [-0.05, 0) is 53.3 Å². The Morgan fingerprint density at radius 3 is 2.63 bits per heavy atom. The van der Waals surface area contributed by atoms with Gasteiger partial charge in [0.2, 0.25) is 0 Å². The molecule has 2 aliphatic rings. The highest BCUT2D eigenvalue weighted by Crippen LogP contribution is 2.42. The zero-order valence-corrected chi connectivity index (χ0v) is 21.5. The summed E-state index contributed by atoms with van der Waals surface area (Å²) < 4.78 is 13.2. The van der Waals surface area contributed by atoms with Crippen LogP contribution in [0.5, 0.6) is 11.5 Å². The molecule has 0 saturated carbocycles. The molecule has 6 rings (SSSR count). The minimum Gasteiger partial charge on any atom is -0.493 e. The van der Waals surface area contributed by atoms with Gasteiger partial charge in [0.25, 0.3) is 11.2 Å². The average molecular weight is 526 g/mol. The summed E-state index contributed by atoms with van der Waals surface area (Å²) in [6.07, 6.45) is 3.31. The highest BCUT2D eigenvalue weighted by molar-refractivity contribution is 7.07. The fourth-order valence-electron chi connectivity index (χ4n) is 5.22. The van der Waals surface area contributed by atoms with E-state index < -0.39 is 4.92 Å². The van der Waals surface area contributed by atoms with Crippen LogP contribution in [0.2, 0.25) is 0 Å². The molecule has 190 valence electrons. The van der Waals surface area contributed by atoms with Gasteiger partial charge in [-0.2, -0.15) is 0 Å². The predicted molar refractivity (Wildman–Crippen MR) is 145 cm³/mol. The molecule has 0 spiro atoms. The third-order valence-electron chi connectivity index (χ3n) is 6.98. The lowest BCUT2D eigenvalue weighted by molar-refractivity contribution is -0.384. The average Bonchev–Trinajstić information content (AvgIpc) is 3.25. The maximum Gasteiger partial charge on any atom is 0.271 e. The number of fused-ring (bicyclic) bond motifs is 3. The van der Waals surface area contributed by atoms with Gasteiger partial charge in [0.1, 0.15) is 0 Å². The fourth-order valence-corrected chi connectivity index (χ4v) is 6.23. The maximum absolute atomic E-state index is 13.9. The van der Waals surface area contributed by atoms with E-state index in [-0.39, 0.29) is 17.3 Å². The van der Waals surface area contributed by atoms with Crippen molar-refractivity contribution in [3.63, 3.8) is 0 Å². The van der Waals surface area contributed by atoms with Gasteiger partial charge in [-0.25, -0.2) is 4.99 Å². The monoisotopic (exact) mass is 525 g/mol. The number of non-ortho nitro benzene ring substituents is 1. The van der Waals surface area contributed by atoms with E-state index in [2.05, 4.69) is 12.1 Å². The quantitative estimate of drug-likeness (QED) is 0.287. The number of benzene rings is 3.